The van der Waals surface area contributed by atoms with Crippen molar-refractivity contribution in [3.8, 4) is 0 Å². The lowest BCUT2D eigenvalue weighted by molar-refractivity contribution is -0.0959. The fraction of sp³-hybridized carbons (Fsp3) is 0.643. The number of halogens is 1. The van der Waals surface area contributed by atoms with Crippen LogP contribution in [-0.2, 0) is 4.74 Å². The predicted octanol–water partition coefficient (Wildman–Crippen LogP) is 4.39. The van der Waals surface area contributed by atoms with Crippen LogP contribution >= 0.6 is 39.0 Å². The number of thiophene rings is 1. The number of rotatable bonds is 2. The highest BCUT2D eigenvalue weighted by atomic mass is 79.9. The molecule has 0 aromatic carbocycles. The quantitative estimate of drug-likeness (QED) is 0.731. The Labute approximate surface area is 130 Å². The van der Waals surface area contributed by atoms with E-state index in [1.54, 1.807) is 11.3 Å². The second kappa shape index (κ2) is 5.88. The van der Waals surface area contributed by atoms with E-state index in [1.165, 1.54) is 11.5 Å². The van der Waals surface area contributed by atoms with Crippen molar-refractivity contribution in [1.29, 1.82) is 0 Å². The Kier molecular flexibility index (Phi) is 4.37. The van der Waals surface area contributed by atoms with Crippen molar-refractivity contribution >= 4 is 44.8 Å². The monoisotopic (exact) mass is 360 g/mol. The summed E-state index contributed by atoms with van der Waals surface area (Å²) in [6, 6.07) is 3.90. The van der Waals surface area contributed by atoms with Crippen molar-refractivity contribution in [3.63, 3.8) is 0 Å². The zero-order valence-corrected chi connectivity index (χ0v) is 13.9. The molecule has 19 heavy (non-hydrogen) atoms. The first-order valence-corrected chi connectivity index (χ1v) is 9.46. The molecule has 104 valence electrons. The van der Waals surface area contributed by atoms with Gasteiger partial charge >= 0.3 is 0 Å². The van der Waals surface area contributed by atoms with E-state index >= 15 is 0 Å². The summed E-state index contributed by atoms with van der Waals surface area (Å²) < 4.78 is 7.09. The lowest BCUT2D eigenvalue weighted by Crippen LogP contribution is -2.44. The van der Waals surface area contributed by atoms with Crippen LogP contribution in [0.1, 0.15) is 35.4 Å². The van der Waals surface area contributed by atoms with Crippen molar-refractivity contribution < 1.29 is 9.53 Å². The predicted molar refractivity (Wildman–Crippen MR) is 84.3 cm³/mol. The molecular formula is C14H17BrO2S2. The smallest absolute Gasteiger partial charge is 0.176 e. The number of hydrogen-bond acceptors (Lipinski definition) is 4. The average molecular weight is 361 g/mol. The molecule has 0 bridgehead atoms. The summed E-state index contributed by atoms with van der Waals surface area (Å²) in [7, 11) is 0. The first-order chi connectivity index (χ1) is 9.19. The summed E-state index contributed by atoms with van der Waals surface area (Å²) in [4.78, 5) is 13.5. The lowest BCUT2D eigenvalue weighted by atomic mass is 9.80. The zero-order valence-electron chi connectivity index (χ0n) is 10.7. The van der Waals surface area contributed by atoms with Gasteiger partial charge in [-0.15, -0.1) is 11.3 Å². The fourth-order valence-corrected chi connectivity index (χ4v) is 5.63. The van der Waals surface area contributed by atoms with Crippen molar-refractivity contribution in [2.75, 3.05) is 18.1 Å². The molecule has 0 N–H and O–H groups in total. The van der Waals surface area contributed by atoms with E-state index < -0.39 is 0 Å². The Morgan fingerprint density at radius 1 is 1.37 bits per heavy atom. The van der Waals surface area contributed by atoms with E-state index in [1.807, 2.05) is 23.9 Å². The lowest BCUT2D eigenvalue weighted by Gasteiger charge is -2.42. The van der Waals surface area contributed by atoms with E-state index in [4.69, 9.17) is 4.74 Å². The third kappa shape index (κ3) is 3.09. The van der Waals surface area contributed by atoms with Gasteiger partial charge in [-0.1, -0.05) is 0 Å². The minimum Gasteiger partial charge on any atom is -0.375 e. The molecule has 1 unspecified atom stereocenters. The molecule has 3 heterocycles. The van der Waals surface area contributed by atoms with Crippen molar-refractivity contribution in [3.05, 3.63) is 20.8 Å². The second-order valence-corrected chi connectivity index (χ2v) is 8.99. The van der Waals surface area contributed by atoms with Gasteiger partial charge in [-0.2, -0.15) is 11.8 Å². The molecule has 1 aromatic rings. The van der Waals surface area contributed by atoms with Gasteiger partial charge < -0.3 is 4.74 Å². The molecule has 2 aliphatic rings. The number of carbonyl (C=O) groups is 1. The van der Waals surface area contributed by atoms with Gasteiger partial charge in [-0.25, -0.2) is 0 Å². The van der Waals surface area contributed by atoms with Gasteiger partial charge in [0.1, 0.15) is 0 Å². The molecule has 1 aromatic heterocycles. The normalized spacial score (nSPS) is 26.5. The Hall–Kier alpha value is 0.160. The van der Waals surface area contributed by atoms with E-state index in [0.29, 0.717) is 5.78 Å². The van der Waals surface area contributed by atoms with Crippen LogP contribution in [-0.4, -0.2) is 29.5 Å². The van der Waals surface area contributed by atoms with Gasteiger partial charge in [-0.3, -0.25) is 4.79 Å². The highest BCUT2D eigenvalue weighted by Gasteiger charge is 2.41. The molecule has 2 nitrogen and oxygen atoms in total. The van der Waals surface area contributed by atoms with Gasteiger partial charge in [0.15, 0.2) is 5.78 Å². The van der Waals surface area contributed by atoms with Crippen LogP contribution in [0.4, 0.5) is 0 Å². The highest BCUT2D eigenvalue weighted by molar-refractivity contribution is 9.11. The molecule has 0 radical (unpaired) electrons. The molecule has 2 fully saturated rings. The molecule has 1 spiro atoms. The van der Waals surface area contributed by atoms with Crippen LogP contribution in [0.3, 0.4) is 0 Å². The molecule has 2 aliphatic heterocycles. The fourth-order valence-electron chi connectivity index (χ4n) is 2.99. The number of Topliss-reactive ketones (excluding diaryl/α,β-unsaturated/α-hetero) is 1. The van der Waals surface area contributed by atoms with Crippen LogP contribution in [0.2, 0.25) is 0 Å². The second-order valence-electron chi connectivity index (χ2n) is 5.30. The highest BCUT2D eigenvalue weighted by Crippen LogP contribution is 2.41. The number of hydrogen-bond donors (Lipinski definition) is 0. The van der Waals surface area contributed by atoms with Gasteiger partial charge in [0, 0.05) is 12.5 Å². The Morgan fingerprint density at radius 3 is 2.84 bits per heavy atom. The number of carbonyl (C=O) groups excluding carboxylic acids is 1. The van der Waals surface area contributed by atoms with Crippen molar-refractivity contribution in [2.24, 2.45) is 5.92 Å². The molecule has 0 saturated carbocycles. The van der Waals surface area contributed by atoms with Crippen LogP contribution < -0.4 is 0 Å². The molecule has 3 rings (SSSR count). The summed E-state index contributed by atoms with van der Waals surface area (Å²) in [5.74, 6) is 2.82. The standard InChI is InChI=1S/C14H17BrO2S2/c15-12-2-1-11(19-12)13(16)10-3-6-17-14(9-10)4-7-18-8-5-14/h1-2,10H,3-9H2. The Bertz CT molecular complexity index is 460. The SMILES string of the molecule is O=C(c1ccc(Br)s1)C1CCOC2(CCSCC2)C1. The molecule has 5 heteroatoms. The first kappa shape index (κ1) is 14.1. The molecule has 0 amide bonds. The van der Waals surface area contributed by atoms with Gasteiger partial charge in [0.05, 0.1) is 14.3 Å². The summed E-state index contributed by atoms with van der Waals surface area (Å²) >= 11 is 6.98. The van der Waals surface area contributed by atoms with Crippen LogP contribution in [0, 0.1) is 5.92 Å². The van der Waals surface area contributed by atoms with Crippen LogP contribution in [0.5, 0.6) is 0 Å². The molecule has 1 atom stereocenters. The largest absolute Gasteiger partial charge is 0.375 e. The molecule has 2 saturated heterocycles. The Morgan fingerprint density at radius 2 is 2.16 bits per heavy atom. The van der Waals surface area contributed by atoms with E-state index in [9.17, 15) is 4.79 Å². The van der Waals surface area contributed by atoms with E-state index in [-0.39, 0.29) is 11.5 Å². The maximum atomic E-state index is 12.6. The van der Waals surface area contributed by atoms with Crippen molar-refractivity contribution in [2.45, 2.75) is 31.3 Å². The summed E-state index contributed by atoms with van der Waals surface area (Å²) in [6.07, 6.45) is 4.01. The number of thioether (sulfide) groups is 1. The molecule has 0 aliphatic carbocycles. The number of ether oxygens (including phenoxy) is 1. The molecular weight excluding hydrogens is 344 g/mol. The average Bonchev–Trinajstić information content (AvgIpc) is 2.85. The van der Waals surface area contributed by atoms with Gasteiger partial charge in [0.25, 0.3) is 0 Å². The Balaban J connectivity index is 1.72. The zero-order chi connectivity index (χ0) is 13.3. The topological polar surface area (TPSA) is 26.3 Å². The minimum atomic E-state index is -0.00167. The van der Waals surface area contributed by atoms with Crippen molar-refractivity contribution in [1.82, 2.24) is 0 Å². The van der Waals surface area contributed by atoms with Crippen LogP contribution in [0.15, 0.2) is 15.9 Å². The van der Waals surface area contributed by atoms with E-state index in [0.717, 1.165) is 41.0 Å². The third-order valence-electron chi connectivity index (χ3n) is 4.08. The van der Waals surface area contributed by atoms with E-state index in [2.05, 4.69) is 15.9 Å². The summed E-state index contributed by atoms with van der Waals surface area (Å²) in [5, 5.41) is 0. The van der Waals surface area contributed by atoms with Gasteiger partial charge in [-0.05, 0) is 65.3 Å². The number of ketones is 1. The summed E-state index contributed by atoms with van der Waals surface area (Å²) in [5.41, 5.74) is -0.00167. The maximum absolute atomic E-state index is 12.6. The van der Waals surface area contributed by atoms with Crippen LogP contribution in [0.25, 0.3) is 0 Å². The summed E-state index contributed by atoms with van der Waals surface area (Å²) in [6.45, 7) is 0.744. The van der Waals surface area contributed by atoms with Gasteiger partial charge in [0.2, 0.25) is 0 Å². The first-order valence-electron chi connectivity index (χ1n) is 6.70. The third-order valence-corrected chi connectivity index (χ3v) is 6.71. The minimum absolute atomic E-state index is 0.00167. The maximum Gasteiger partial charge on any atom is 0.176 e.